The molecule has 3 aromatic rings. The first kappa shape index (κ1) is 15.6. The summed E-state index contributed by atoms with van der Waals surface area (Å²) < 4.78 is 13.8. The predicted octanol–water partition coefficient (Wildman–Crippen LogP) is 4.24. The van der Waals surface area contributed by atoms with Crippen molar-refractivity contribution < 1.29 is 9.18 Å². The van der Waals surface area contributed by atoms with Gasteiger partial charge in [-0.3, -0.25) is 4.79 Å². The normalized spacial score (nSPS) is 10.9. The highest BCUT2D eigenvalue weighted by atomic mass is 35.5. The molecule has 5 heteroatoms. The van der Waals surface area contributed by atoms with E-state index in [1.165, 1.54) is 6.07 Å². The van der Waals surface area contributed by atoms with Crippen LogP contribution in [-0.4, -0.2) is 17.4 Å². The molecule has 1 amide bonds. The van der Waals surface area contributed by atoms with E-state index in [2.05, 4.69) is 10.3 Å². The Labute approximate surface area is 138 Å². The van der Waals surface area contributed by atoms with E-state index in [9.17, 15) is 9.18 Å². The lowest BCUT2D eigenvalue weighted by Crippen LogP contribution is -2.27. The van der Waals surface area contributed by atoms with Crippen LogP contribution in [0.4, 0.5) is 4.39 Å². The van der Waals surface area contributed by atoms with Crippen LogP contribution in [0.25, 0.3) is 10.9 Å². The maximum Gasteiger partial charge on any atom is 0.254 e. The molecule has 0 atom stereocenters. The molecule has 23 heavy (non-hydrogen) atoms. The van der Waals surface area contributed by atoms with Crippen LogP contribution in [0.1, 0.15) is 21.5 Å². The average Bonchev–Trinajstić information content (AvgIpc) is 2.89. The van der Waals surface area contributed by atoms with Gasteiger partial charge in [0.1, 0.15) is 5.82 Å². The first-order valence-corrected chi connectivity index (χ1v) is 7.73. The number of hydrogen-bond acceptors (Lipinski definition) is 1. The van der Waals surface area contributed by atoms with Gasteiger partial charge in [0.15, 0.2) is 0 Å². The Morgan fingerprint density at radius 3 is 2.91 bits per heavy atom. The number of aromatic nitrogens is 1. The van der Waals surface area contributed by atoms with Crippen LogP contribution in [0, 0.1) is 12.7 Å². The minimum Gasteiger partial charge on any atom is -0.361 e. The lowest BCUT2D eigenvalue weighted by molar-refractivity contribution is 0.0949. The van der Waals surface area contributed by atoms with Gasteiger partial charge in [-0.2, -0.15) is 0 Å². The SMILES string of the molecule is Cc1cccc(F)c1C(=O)NCCc1c[nH]c2ccc(Cl)cc12. The average molecular weight is 331 g/mol. The number of nitrogens with one attached hydrogen (secondary N) is 2. The number of halogens is 2. The number of benzene rings is 2. The molecule has 0 saturated carbocycles. The number of amides is 1. The van der Waals surface area contributed by atoms with Gasteiger partial charge in [-0.1, -0.05) is 23.7 Å². The summed E-state index contributed by atoms with van der Waals surface area (Å²) in [5.41, 5.74) is 2.80. The molecule has 3 rings (SSSR count). The van der Waals surface area contributed by atoms with E-state index in [1.54, 1.807) is 19.1 Å². The van der Waals surface area contributed by atoms with Crippen LogP contribution in [0.3, 0.4) is 0 Å². The lowest BCUT2D eigenvalue weighted by Gasteiger charge is -2.08. The summed E-state index contributed by atoms with van der Waals surface area (Å²) >= 11 is 6.02. The third-order valence-electron chi connectivity index (χ3n) is 3.86. The number of carbonyl (C=O) groups is 1. The van der Waals surface area contributed by atoms with E-state index in [-0.39, 0.29) is 5.56 Å². The van der Waals surface area contributed by atoms with E-state index in [0.717, 1.165) is 16.5 Å². The van der Waals surface area contributed by atoms with Crippen molar-refractivity contribution in [1.29, 1.82) is 0 Å². The minimum absolute atomic E-state index is 0.106. The Morgan fingerprint density at radius 2 is 2.13 bits per heavy atom. The largest absolute Gasteiger partial charge is 0.361 e. The molecule has 0 radical (unpaired) electrons. The smallest absolute Gasteiger partial charge is 0.254 e. The first-order valence-electron chi connectivity index (χ1n) is 7.35. The van der Waals surface area contributed by atoms with Crippen LogP contribution < -0.4 is 5.32 Å². The minimum atomic E-state index is -0.499. The van der Waals surface area contributed by atoms with Crippen molar-refractivity contribution in [2.75, 3.05) is 6.54 Å². The molecule has 2 aromatic carbocycles. The molecule has 0 aliphatic carbocycles. The molecular weight excluding hydrogens is 315 g/mol. The molecule has 2 N–H and O–H groups in total. The second-order valence-electron chi connectivity index (χ2n) is 5.44. The zero-order valence-electron chi connectivity index (χ0n) is 12.6. The van der Waals surface area contributed by atoms with Crippen molar-refractivity contribution in [3.63, 3.8) is 0 Å². The Kier molecular flexibility index (Phi) is 4.35. The molecule has 0 bridgehead atoms. The second-order valence-corrected chi connectivity index (χ2v) is 5.88. The number of aryl methyl sites for hydroxylation is 1. The van der Waals surface area contributed by atoms with Gasteiger partial charge in [0.05, 0.1) is 5.56 Å². The molecule has 0 aliphatic heterocycles. The summed E-state index contributed by atoms with van der Waals surface area (Å²) in [6.07, 6.45) is 2.54. The summed E-state index contributed by atoms with van der Waals surface area (Å²) in [6.45, 7) is 2.14. The molecule has 0 unspecified atom stereocenters. The fourth-order valence-corrected chi connectivity index (χ4v) is 2.85. The molecule has 0 aliphatic rings. The number of hydrogen-bond donors (Lipinski definition) is 2. The van der Waals surface area contributed by atoms with Gasteiger partial charge in [-0.05, 0) is 48.7 Å². The topological polar surface area (TPSA) is 44.9 Å². The third kappa shape index (κ3) is 3.22. The molecule has 1 aromatic heterocycles. The standard InChI is InChI=1S/C18H16ClFN2O/c1-11-3-2-4-15(20)17(11)18(23)21-8-7-12-10-22-16-6-5-13(19)9-14(12)16/h2-6,9-10,22H,7-8H2,1H3,(H,21,23). The summed E-state index contributed by atoms with van der Waals surface area (Å²) in [5.74, 6) is -0.889. The molecule has 0 saturated heterocycles. The van der Waals surface area contributed by atoms with Crippen LogP contribution in [0.15, 0.2) is 42.6 Å². The monoisotopic (exact) mass is 330 g/mol. The second kappa shape index (κ2) is 6.42. The van der Waals surface area contributed by atoms with Crippen molar-refractivity contribution >= 4 is 28.4 Å². The maximum atomic E-state index is 13.8. The molecule has 0 spiro atoms. The van der Waals surface area contributed by atoms with Gasteiger partial charge in [0.25, 0.3) is 5.91 Å². The van der Waals surface area contributed by atoms with E-state index in [0.29, 0.717) is 23.6 Å². The van der Waals surface area contributed by atoms with Gasteiger partial charge in [0, 0.05) is 28.7 Å². The van der Waals surface area contributed by atoms with Crippen LogP contribution in [-0.2, 0) is 6.42 Å². The summed E-state index contributed by atoms with van der Waals surface area (Å²) in [7, 11) is 0. The first-order chi connectivity index (χ1) is 11.1. The molecule has 3 nitrogen and oxygen atoms in total. The highest BCUT2D eigenvalue weighted by Gasteiger charge is 2.14. The Balaban J connectivity index is 1.69. The van der Waals surface area contributed by atoms with Crippen molar-refractivity contribution in [2.45, 2.75) is 13.3 Å². The third-order valence-corrected chi connectivity index (χ3v) is 4.09. The van der Waals surface area contributed by atoms with Crippen molar-refractivity contribution in [2.24, 2.45) is 0 Å². The van der Waals surface area contributed by atoms with E-state index in [1.807, 2.05) is 24.4 Å². The van der Waals surface area contributed by atoms with Crippen LogP contribution in [0.5, 0.6) is 0 Å². The number of rotatable bonds is 4. The van der Waals surface area contributed by atoms with Gasteiger partial charge < -0.3 is 10.3 Å². The van der Waals surface area contributed by atoms with Crippen molar-refractivity contribution in [3.8, 4) is 0 Å². The fourth-order valence-electron chi connectivity index (χ4n) is 2.68. The number of fused-ring (bicyclic) bond motifs is 1. The molecular formula is C18H16ClFN2O. The van der Waals surface area contributed by atoms with Gasteiger partial charge in [0.2, 0.25) is 0 Å². The number of aromatic amines is 1. The Bertz CT molecular complexity index is 852. The number of carbonyl (C=O) groups excluding carboxylic acids is 1. The Hall–Kier alpha value is -2.33. The van der Waals surface area contributed by atoms with E-state index in [4.69, 9.17) is 11.6 Å². The van der Waals surface area contributed by atoms with E-state index >= 15 is 0 Å². The number of H-pyrrole nitrogens is 1. The van der Waals surface area contributed by atoms with Gasteiger partial charge in [-0.15, -0.1) is 0 Å². The van der Waals surface area contributed by atoms with Crippen molar-refractivity contribution in [1.82, 2.24) is 10.3 Å². The highest BCUT2D eigenvalue weighted by molar-refractivity contribution is 6.31. The maximum absolute atomic E-state index is 13.8. The molecule has 1 heterocycles. The van der Waals surface area contributed by atoms with Crippen LogP contribution >= 0.6 is 11.6 Å². The van der Waals surface area contributed by atoms with E-state index < -0.39 is 11.7 Å². The summed E-state index contributed by atoms with van der Waals surface area (Å²) in [6, 6.07) is 10.3. The zero-order chi connectivity index (χ0) is 16.4. The quantitative estimate of drug-likeness (QED) is 0.738. The van der Waals surface area contributed by atoms with Gasteiger partial charge >= 0.3 is 0 Å². The van der Waals surface area contributed by atoms with Crippen LogP contribution in [0.2, 0.25) is 5.02 Å². The molecule has 118 valence electrons. The molecule has 0 fully saturated rings. The Morgan fingerprint density at radius 1 is 1.30 bits per heavy atom. The highest BCUT2D eigenvalue weighted by Crippen LogP contribution is 2.22. The zero-order valence-corrected chi connectivity index (χ0v) is 13.4. The van der Waals surface area contributed by atoms with Crippen molar-refractivity contribution in [3.05, 3.63) is 70.1 Å². The lowest BCUT2D eigenvalue weighted by atomic mass is 10.1. The summed E-state index contributed by atoms with van der Waals surface area (Å²) in [5, 5.41) is 4.48. The summed E-state index contributed by atoms with van der Waals surface area (Å²) in [4.78, 5) is 15.3. The fraction of sp³-hybridized carbons (Fsp3) is 0.167. The van der Waals surface area contributed by atoms with Gasteiger partial charge in [-0.25, -0.2) is 4.39 Å². The predicted molar refractivity (Wildman–Crippen MR) is 90.5 cm³/mol.